The van der Waals surface area contributed by atoms with E-state index in [2.05, 4.69) is 14.8 Å². The van der Waals surface area contributed by atoms with E-state index in [9.17, 15) is 4.79 Å². The fourth-order valence-electron chi connectivity index (χ4n) is 1.59. The first-order chi connectivity index (χ1) is 7.31. The summed E-state index contributed by atoms with van der Waals surface area (Å²) in [7, 11) is 1.32. The lowest BCUT2D eigenvalue weighted by Crippen LogP contribution is -2.20. The summed E-state index contributed by atoms with van der Waals surface area (Å²) in [6.45, 7) is 1.47. The Hall–Kier alpha value is -1.43. The number of hydrogen-bond donors (Lipinski definition) is 0. The highest BCUT2D eigenvalue weighted by atomic mass is 16.5. The van der Waals surface area contributed by atoms with Gasteiger partial charge in [0.15, 0.2) is 0 Å². The van der Waals surface area contributed by atoms with E-state index in [1.807, 2.05) is 0 Å². The molecule has 0 aromatic carbocycles. The van der Waals surface area contributed by atoms with Crippen LogP contribution >= 0.6 is 0 Å². The molecule has 0 unspecified atom stereocenters. The molecule has 1 aromatic heterocycles. The minimum absolute atomic E-state index is 0.115. The number of esters is 1. The standard InChI is InChI=1S/C9H13N3O3/c1-14-9(13)8-10-6-12(11-8)7-2-4-15-5-3-7/h6-7H,2-5H2,1H3. The number of carbonyl (C=O) groups excluding carboxylic acids is 1. The number of nitrogens with zero attached hydrogens (tertiary/aromatic N) is 3. The second kappa shape index (κ2) is 4.39. The summed E-state index contributed by atoms with van der Waals surface area (Å²) in [6.07, 6.45) is 3.39. The molecule has 1 aromatic rings. The minimum Gasteiger partial charge on any atom is -0.463 e. The molecule has 2 heterocycles. The van der Waals surface area contributed by atoms with Gasteiger partial charge < -0.3 is 9.47 Å². The molecule has 1 aliphatic heterocycles. The summed E-state index contributed by atoms with van der Waals surface area (Å²) in [4.78, 5) is 15.0. The highest BCUT2D eigenvalue weighted by Gasteiger charge is 2.19. The Labute approximate surface area is 87.2 Å². The van der Waals surface area contributed by atoms with Gasteiger partial charge in [0.2, 0.25) is 0 Å². The van der Waals surface area contributed by atoms with Crippen LogP contribution in [-0.2, 0) is 9.47 Å². The molecule has 0 aliphatic carbocycles. The van der Waals surface area contributed by atoms with Crippen LogP contribution in [0.2, 0.25) is 0 Å². The third-order valence-corrected chi connectivity index (χ3v) is 2.44. The first-order valence-electron chi connectivity index (χ1n) is 4.88. The van der Waals surface area contributed by atoms with Crippen molar-refractivity contribution in [2.75, 3.05) is 20.3 Å². The predicted molar refractivity (Wildman–Crippen MR) is 50.5 cm³/mol. The smallest absolute Gasteiger partial charge is 0.377 e. The molecule has 1 aliphatic rings. The van der Waals surface area contributed by atoms with Crippen molar-refractivity contribution < 1.29 is 14.3 Å². The first-order valence-corrected chi connectivity index (χ1v) is 4.88. The molecule has 0 spiro atoms. The molecule has 0 radical (unpaired) electrons. The first kappa shape index (κ1) is 10.1. The second-order valence-electron chi connectivity index (χ2n) is 3.38. The Morgan fingerprint density at radius 3 is 3.00 bits per heavy atom. The number of methoxy groups -OCH3 is 1. The highest BCUT2D eigenvalue weighted by Crippen LogP contribution is 2.19. The molecule has 15 heavy (non-hydrogen) atoms. The maximum Gasteiger partial charge on any atom is 0.377 e. The highest BCUT2D eigenvalue weighted by molar-refractivity contribution is 5.84. The van der Waals surface area contributed by atoms with Crippen LogP contribution in [0.25, 0.3) is 0 Å². The topological polar surface area (TPSA) is 66.2 Å². The van der Waals surface area contributed by atoms with Gasteiger partial charge in [-0.2, -0.15) is 0 Å². The lowest BCUT2D eigenvalue weighted by Gasteiger charge is -2.21. The van der Waals surface area contributed by atoms with Crippen molar-refractivity contribution in [1.82, 2.24) is 14.8 Å². The van der Waals surface area contributed by atoms with E-state index in [-0.39, 0.29) is 11.9 Å². The summed E-state index contributed by atoms with van der Waals surface area (Å²) >= 11 is 0. The zero-order valence-corrected chi connectivity index (χ0v) is 8.55. The molecule has 6 nitrogen and oxygen atoms in total. The Morgan fingerprint density at radius 1 is 1.60 bits per heavy atom. The van der Waals surface area contributed by atoms with Gasteiger partial charge in [0.25, 0.3) is 5.82 Å². The van der Waals surface area contributed by atoms with Crippen LogP contribution in [-0.4, -0.2) is 41.1 Å². The summed E-state index contributed by atoms with van der Waals surface area (Å²) in [6, 6.07) is 0.282. The van der Waals surface area contributed by atoms with Crippen molar-refractivity contribution in [3.05, 3.63) is 12.2 Å². The average Bonchev–Trinajstić information content (AvgIpc) is 2.78. The van der Waals surface area contributed by atoms with Crippen LogP contribution in [0.4, 0.5) is 0 Å². The summed E-state index contributed by atoms with van der Waals surface area (Å²) in [5.74, 6) is -0.384. The van der Waals surface area contributed by atoms with Gasteiger partial charge in [-0.1, -0.05) is 0 Å². The van der Waals surface area contributed by atoms with Gasteiger partial charge in [0, 0.05) is 13.2 Å². The Kier molecular flexibility index (Phi) is 2.96. The number of ether oxygens (including phenoxy) is 2. The maximum absolute atomic E-state index is 11.1. The van der Waals surface area contributed by atoms with Crippen LogP contribution in [0.1, 0.15) is 29.5 Å². The van der Waals surface area contributed by atoms with Crippen molar-refractivity contribution in [2.45, 2.75) is 18.9 Å². The van der Waals surface area contributed by atoms with E-state index in [1.165, 1.54) is 7.11 Å². The molecule has 0 bridgehead atoms. The van der Waals surface area contributed by atoms with Crippen LogP contribution < -0.4 is 0 Å². The van der Waals surface area contributed by atoms with Crippen molar-refractivity contribution in [2.24, 2.45) is 0 Å². The zero-order chi connectivity index (χ0) is 10.7. The van der Waals surface area contributed by atoms with Crippen molar-refractivity contribution in [1.29, 1.82) is 0 Å². The molecule has 0 atom stereocenters. The Morgan fingerprint density at radius 2 is 2.33 bits per heavy atom. The van der Waals surface area contributed by atoms with Gasteiger partial charge in [-0.05, 0) is 12.8 Å². The number of carbonyl (C=O) groups is 1. The fraction of sp³-hybridized carbons (Fsp3) is 0.667. The molecule has 0 amide bonds. The van der Waals surface area contributed by atoms with Gasteiger partial charge in [-0.3, -0.25) is 0 Å². The monoisotopic (exact) mass is 211 g/mol. The van der Waals surface area contributed by atoms with E-state index in [1.54, 1.807) is 11.0 Å². The SMILES string of the molecule is COC(=O)c1ncn(C2CCOCC2)n1. The average molecular weight is 211 g/mol. The second-order valence-corrected chi connectivity index (χ2v) is 3.38. The summed E-state index contributed by atoms with van der Waals surface area (Å²) in [5, 5.41) is 4.08. The van der Waals surface area contributed by atoms with Gasteiger partial charge in [-0.25, -0.2) is 14.5 Å². The molecule has 1 saturated heterocycles. The van der Waals surface area contributed by atoms with Crippen LogP contribution in [0, 0.1) is 0 Å². The van der Waals surface area contributed by atoms with Gasteiger partial charge in [0.05, 0.1) is 13.2 Å². The minimum atomic E-state index is -0.499. The van der Waals surface area contributed by atoms with E-state index in [0.717, 1.165) is 26.1 Å². The van der Waals surface area contributed by atoms with Crippen molar-refractivity contribution in [3.63, 3.8) is 0 Å². The number of rotatable bonds is 2. The van der Waals surface area contributed by atoms with Crippen molar-refractivity contribution in [3.8, 4) is 0 Å². The quantitative estimate of drug-likeness (QED) is 0.663. The predicted octanol–water partition coefficient (Wildman–Crippen LogP) is 0.416. The fourth-order valence-corrected chi connectivity index (χ4v) is 1.59. The lowest BCUT2D eigenvalue weighted by atomic mass is 10.1. The van der Waals surface area contributed by atoms with Crippen molar-refractivity contribution >= 4 is 5.97 Å². The van der Waals surface area contributed by atoms with E-state index in [0.29, 0.717) is 0 Å². The molecular formula is C9H13N3O3. The molecule has 6 heteroatoms. The molecule has 82 valence electrons. The van der Waals surface area contributed by atoms with Gasteiger partial charge in [0.1, 0.15) is 6.33 Å². The lowest BCUT2D eigenvalue weighted by molar-refractivity contribution is 0.0578. The molecule has 0 saturated carbocycles. The number of aromatic nitrogens is 3. The van der Waals surface area contributed by atoms with Gasteiger partial charge in [-0.15, -0.1) is 5.10 Å². The van der Waals surface area contributed by atoms with Crippen LogP contribution in [0.3, 0.4) is 0 Å². The maximum atomic E-state index is 11.1. The zero-order valence-electron chi connectivity index (χ0n) is 8.55. The Bertz CT molecular complexity index is 344. The Balaban J connectivity index is 2.08. The van der Waals surface area contributed by atoms with E-state index in [4.69, 9.17) is 4.74 Å². The molecule has 1 fully saturated rings. The molecular weight excluding hydrogens is 198 g/mol. The van der Waals surface area contributed by atoms with Gasteiger partial charge >= 0.3 is 5.97 Å². The molecule has 0 N–H and O–H groups in total. The van der Waals surface area contributed by atoms with E-state index >= 15 is 0 Å². The molecule has 2 rings (SSSR count). The normalized spacial score (nSPS) is 17.7. The largest absolute Gasteiger partial charge is 0.463 e. The summed E-state index contributed by atoms with van der Waals surface area (Å²) < 4.78 is 11.5. The van der Waals surface area contributed by atoms with Crippen LogP contribution in [0.5, 0.6) is 0 Å². The third-order valence-electron chi connectivity index (χ3n) is 2.44. The summed E-state index contributed by atoms with van der Waals surface area (Å²) in [5.41, 5.74) is 0. The third kappa shape index (κ3) is 2.15. The number of hydrogen-bond acceptors (Lipinski definition) is 5. The van der Waals surface area contributed by atoms with Crippen LogP contribution in [0.15, 0.2) is 6.33 Å². The van der Waals surface area contributed by atoms with E-state index < -0.39 is 5.97 Å².